The van der Waals surface area contributed by atoms with E-state index in [0.717, 1.165) is 12.0 Å². The molecule has 11 atom stereocenters. The van der Waals surface area contributed by atoms with E-state index in [9.17, 15) is 19.8 Å². The number of carbonyl (C=O) groups excluding carboxylic acids is 2. The highest BCUT2D eigenvalue weighted by atomic mass is 16.8. The van der Waals surface area contributed by atoms with E-state index < -0.39 is 53.5 Å². The van der Waals surface area contributed by atoms with Gasteiger partial charge in [-0.3, -0.25) is 4.79 Å². The molecule has 5 rings (SSSR count). The highest BCUT2D eigenvalue weighted by molar-refractivity contribution is 5.69. The summed E-state index contributed by atoms with van der Waals surface area (Å²) in [6, 6.07) is 0. The number of aliphatic hydroxyl groups excluding tert-OH is 2. The molecule has 0 aromatic carbocycles. The maximum atomic E-state index is 12.5. The number of ether oxygens (including phenoxy) is 3. The Hall–Kier alpha value is -1.60. The monoisotopic (exact) mass is 420 g/mol. The van der Waals surface area contributed by atoms with Gasteiger partial charge in [-0.1, -0.05) is 33.8 Å². The van der Waals surface area contributed by atoms with Crippen LogP contribution in [0.1, 0.15) is 48.0 Å². The molecule has 3 saturated carbocycles. The molecule has 7 nitrogen and oxygen atoms in total. The molecular weight excluding hydrogens is 388 g/mol. The number of rotatable bonds is 1. The molecule has 1 aliphatic heterocycles. The fourth-order valence-electron chi connectivity index (χ4n) is 8.08. The minimum Gasteiger partial charge on any atom is -0.454 e. The van der Waals surface area contributed by atoms with E-state index in [4.69, 9.17) is 14.2 Å². The van der Waals surface area contributed by atoms with Gasteiger partial charge in [0, 0.05) is 18.8 Å². The van der Waals surface area contributed by atoms with Crippen LogP contribution >= 0.6 is 0 Å². The largest absolute Gasteiger partial charge is 0.509 e. The van der Waals surface area contributed by atoms with Gasteiger partial charge in [0.2, 0.25) is 5.60 Å². The van der Waals surface area contributed by atoms with Gasteiger partial charge in [-0.2, -0.15) is 0 Å². The second kappa shape index (κ2) is 5.80. The quantitative estimate of drug-likeness (QED) is 0.496. The Morgan fingerprint density at radius 2 is 1.93 bits per heavy atom. The molecule has 0 amide bonds. The Bertz CT molecular complexity index is 848. The summed E-state index contributed by atoms with van der Waals surface area (Å²) in [5.74, 6) is -0.903. The zero-order valence-corrected chi connectivity index (χ0v) is 18.4. The SMILES string of the molecule is CC(=O)O[C@H]1C(C)=CC23C(O)[C@@H]([C@H](O)[C@H](C)[C@H]4OC(=O)O[C@@]412)[C@H]1[C@@H](C[C@H]3C)C1(C)C. The molecule has 166 valence electrons. The Morgan fingerprint density at radius 3 is 2.57 bits per heavy atom. The van der Waals surface area contributed by atoms with Crippen LogP contribution in [0, 0.1) is 40.4 Å². The van der Waals surface area contributed by atoms with E-state index >= 15 is 0 Å². The third-order valence-electron chi connectivity index (χ3n) is 9.37. The van der Waals surface area contributed by atoms with Gasteiger partial charge >= 0.3 is 12.1 Å². The minimum absolute atomic E-state index is 0.0268. The summed E-state index contributed by atoms with van der Waals surface area (Å²) < 4.78 is 17.4. The van der Waals surface area contributed by atoms with Crippen LogP contribution < -0.4 is 0 Å². The van der Waals surface area contributed by atoms with E-state index in [1.165, 1.54) is 6.92 Å². The fourth-order valence-corrected chi connectivity index (χ4v) is 8.08. The van der Waals surface area contributed by atoms with Crippen molar-refractivity contribution >= 4 is 12.1 Å². The number of aliphatic hydroxyl groups is 2. The van der Waals surface area contributed by atoms with Crippen molar-refractivity contribution in [3.8, 4) is 0 Å². The van der Waals surface area contributed by atoms with Crippen molar-refractivity contribution in [3.05, 3.63) is 11.6 Å². The van der Waals surface area contributed by atoms with Crippen molar-refractivity contribution in [1.29, 1.82) is 0 Å². The van der Waals surface area contributed by atoms with Crippen LogP contribution in [0.25, 0.3) is 0 Å². The molecule has 1 saturated heterocycles. The Morgan fingerprint density at radius 1 is 1.27 bits per heavy atom. The highest BCUT2D eigenvalue weighted by Gasteiger charge is 2.82. The van der Waals surface area contributed by atoms with Crippen LogP contribution in [0.15, 0.2) is 11.6 Å². The molecule has 1 heterocycles. The van der Waals surface area contributed by atoms with E-state index in [2.05, 4.69) is 20.8 Å². The van der Waals surface area contributed by atoms with E-state index in [1.807, 2.05) is 19.9 Å². The van der Waals surface area contributed by atoms with E-state index in [0.29, 0.717) is 5.92 Å². The summed E-state index contributed by atoms with van der Waals surface area (Å²) in [6.07, 6.45) is -1.58. The molecule has 0 radical (unpaired) electrons. The summed E-state index contributed by atoms with van der Waals surface area (Å²) in [4.78, 5) is 24.5. The molecule has 2 spiro atoms. The predicted octanol–water partition coefficient (Wildman–Crippen LogP) is 2.44. The molecule has 2 N–H and O–H groups in total. The molecule has 4 fully saturated rings. The standard InChI is InChI=1S/C23H32O7/c1-9-8-22-10(2)7-13-15(21(13,5)6)14(17(22)26)16(25)11(3)19-23(22,30-20(27)29-19)18(9)28-12(4)24/h8,10-11,13-19,25-26H,7H2,1-6H3/t10-,11+,13-,14-,15-,16-,17?,18+,19-,22?,23-/m1/s1. The Labute approximate surface area is 176 Å². The Balaban J connectivity index is 1.78. The lowest BCUT2D eigenvalue weighted by molar-refractivity contribution is -0.195. The molecule has 7 heteroatoms. The van der Waals surface area contributed by atoms with Crippen LogP contribution in [-0.4, -0.2) is 52.4 Å². The van der Waals surface area contributed by atoms with Gasteiger partial charge in [-0.25, -0.2) is 4.79 Å². The van der Waals surface area contributed by atoms with Crippen molar-refractivity contribution in [2.24, 2.45) is 40.4 Å². The van der Waals surface area contributed by atoms with Gasteiger partial charge in [0.25, 0.3) is 0 Å². The number of fused-ring (bicyclic) bond motifs is 3. The third kappa shape index (κ3) is 2.04. The summed E-state index contributed by atoms with van der Waals surface area (Å²) in [6.45, 7) is 11.5. The van der Waals surface area contributed by atoms with Crippen LogP contribution in [0.4, 0.5) is 4.79 Å². The first-order chi connectivity index (χ1) is 13.9. The van der Waals surface area contributed by atoms with E-state index in [-0.39, 0.29) is 23.2 Å². The van der Waals surface area contributed by atoms with Gasteiger partial charge in [0.1, 0.15) is 0 Å². The first-order valence-electron chi connectivity index (χ1n) is 11.0. The molecule has 30 heavy (non-hydrogen) atoms. The zero-order valence-electron chi connectivity index (χ0n) is 18.4. The smallest absolute Gasteiger partial charge is 0.454 e. The van der Waals surface area contributed by atoms with Crippen molar-refractivity contribution in [1.82, 2.24) is 0 Å². The number of hydrogen-bond donors (Lipinski definition) is 2. The van der Waals surface area contributed by atoms with Crippen molar-refractivity contribution < 1.29 is 34.0 Å². The summed E-state index contributed by atoms with van der Waals surface area (Å²) in [7, 11) is 0. The minimum atomic E-state index is -1.39. The lowest BCUT2D eigenvalue weighted by Crippen LogP contribution is -2.66. The van der Waals surface area contributed by atoms with Gasteiger partial charge in [0.05, 0.1) is 17.6 Å². The van der Waals surface area contributed by atoms with Crippen LogP contribution in [0.3, 0.4) is 0 Å². The Kier molecular flexibility index (Phi) is 3.92. The van der Waals surface area contributed by atoms with Crippen LogP contribution in [0.5, 0.6) is 0 Å². The fraction of sp³-hybridized carbons (Fsp3) is 0.826. The summed E-state index contributed by atoms with van der Waals surface area (Å²) >= 11 is 0. The van der Waals surface area contributed by atoms with Crippen LogP contribution in [-0.2, 0) is 19.0 Å². The number of carbonyl (C=O) groups is 2. The topological polar surface area (TPSA) is 102 Å². The molecule has 2 unspecified atom stereocenters. The summed E-state index contributed by atoms with van der Waals surface area (Å²) in [5, 5.41) is 23.5. The van der Waals surface area contributed by atoms with Gasteiger partial charge in [0.15, 0.2) is 12.2 Å². The third-order valence-corrected chi connectivity index (χ3v) is 9.37. The van der Waals surface area contributed by atoms with Crippen molar-refractivity contribution in [3.63, 3.8) is 0 Å². The molecule has 4 aliphatic carbocycles. The number of esters is 1. The molecule has 0 aromatic rings. The molecule has 5 aliphatic rings. The second-order valence-corrected chi connectivity index (χ2v) is 11.0. The molecule has 0 aromatic heterocycles. The second-order valence-electron chi connectivity index (χ2n) is 11.0. The van der Waals surface area contributed by atoms with Gasteiger partial charge < -0.3 is 24.4 Å². The number of hydrogen-bond acceptors (Lipinski definition) is 7. The van der Waals surface area contributed by atoms with Crippen molar-refractivity contribution in [2.75, 3.05) is 0 Å². The normalized spacial score (nSPS) is 55.0. The first kappa shape index (κ1) is 20.3. The lowest BCUT2D eigenvalue weighted by Gasteiger charge is -2.50. The van der Waals surface area contributed by atoms with Gasteiger partial charge in [-0.05, 0) is 42.1 Å². The van der Waals surface area contributed by atoms with Gasteiger partial charge in [-0.15, -0.1) is 0 Å². The average Bonchev–Trinajstić information content (AvgIpc) is 2.94. The molecule has 2 bridgehead atoms. The first-order valence-corrected chi connectivity index (χ1v) is 11.0. The average molecular weight is 421 g/mol. The highest BCUT2D eigenvalue weighted by Crippen LogP contribution is 2.74. The molecular formula is C23H32O7. The van der Waals surface area contributed by atoms with Crippen LogP contribution in [0.2, 0.25) is 0 Å². The zero-order chi connectivity index (χ0) is 22.0. The van der Waals surface area contributed by atoms with E-state index in [1.54, 1.807) is 0 Å². The maximum Gasteiger partial charge on any atom is 0.509 e. The maximum absolute atomic E-state index is 12.5. The predicted molar refractivity (Wildman–Crippen MR) is 105 cm³/mol. The van der Waals surface area contributed by atoms with Crippen molar-refractivity contribution in [2.45, 2.75) is 78.0 Å². The summed E-state index contributed by atoms with van der Waals surface area (Å²) in [5.41, 5.74) is -1.63. The lowest BCUT2D eigenvalue weighted by atomic mass is 9.58.